The second-order valence-electron chi connectivity index (χ2n) is 7.84. The number of nitrogens with zero attached hydrogens (tertiary/aromatic N) is 2. The lowest BCUT2D eigenvalue weighted by Crippen LogP contribution is -2.36. The molecule has 0 aliphatic heterocycles. The lowest BCUT2D eigenvalue weighted by molar-refractivity contribution is 0.171. The van der Waals surface area contributed by atoms with Crippen LogP contribution in [0.25, 0.3) is 0 Å². The molecule has 2 aromatic carbocycles. The monoisotopic (exact) mass is 442 g/mol. The number of aliphatic imine (C=N–C) groups is 1. The van der Waals surface area contributed by atoms with Crippen LogP contribution in [-0.2, 0) is 17.8 Å². The van der Waals surface area contributed by atoms with E-state index in [0.29, 0.717) is 32.9 Å². The van der Waals surface area contributed by atoms with E-state index in [1.165, 1.54) is 5.56 Å². The van der Waals surface area contributed by atoms with Crippen molar-refractivity contribution in [3.8, 4) is 11.5 Å². The molecule has 7 heteroatoms. The molecular weight excluding hydrogens is 404 g/mol. The number of rotatable bonds is 13. The topological polar surface area (TPSA) is 67.4 Å². The van der Waals surface area contributed by atoms with Gasteiger partial charge in [0.05, 0.1) is 6.61 Å². The lowest BCUT2D eigenvalue weighted by atomic mass is 10.1. The van der Waals surface area contributed by atoms with Gasteiger partial charge in [-0.2, -0.15) is 0 Å². The summed E-state index contributed by atoms with van der Waals surface area (Å²) in [5, 5.41) is 6.76. The molecule has 0 spiro atoms. The Labute approximate surface area is 192 Å². The molecule has 0 aliphatic rings. The van der Waals surface area contributed by atoms with E-state index in [2.05, 4.69) is 51.7 Å². The number of methoxy groups -OCH3 is 1. The van der Waals surface area contributed by atoms with Crippen molar-refractivity contribution in [3.63, 3.8) is 0 Å². The van der Waals surface area contributed by atoms with Crippen molar-refractivity contribution in [1.29, 1.82) is 0 Å². The molecule has 32 heavy (non-hydrogen) atoms. The van der Waals surface area contributed by atoms with Gasteiger partial charge in [-0.15, -0.1) is 0 Å². The first-order chi connectivity index (χ1) is 15.5. The zero-order chi connectivity index (χ0) is 23.2. The molecule has 2 aromatic rings. The fourth-order valence-electron chi connectivity index (χ4n) is 3.03. The van der Waals surface area contributed by atoms with Gasteiger partial charge in [0.2, 0.25) is 0 Å². The van der Waals surface area contributed by atoms with Crippen molar-refractivity contribution >= 4 is 5.96 Å². The van der Waals surface area contributed by atoms with Crippen molar-refractivity contribution in [3.05, 3.63) is 59.2 Å². The molecule has 0 atom stereocenters. The van der Waals surface area contributed by atoms with Gasteiger partial charge in [0, 0.05) is 57.9 Å². The Morgan fingerprint density at radius 2 is 1.59 bits per heavy atom. The molecule has 0 bridgehead atoms. The molecule has 2 N–H and O–H groups in total. The fraction of sp³-hybridized carbons (Fsp3) is 0.480. The molecule has 0 saturated carbocycles. The van der Waals surface area contributed by atoms with Crippen LogP contribution in [0.2, 0.25) is 0 Å². The summed E-state index contributed by atoms with van der Waals surface area (Å²) in [6.07, 6.45) is 0.858. The first-order valence-corrected chi connectivity index (χ1v) is 11.0. The highest BCUT2D eigenvalue weighted by Gasteiger charge is 2.08. The minimum Gasteiger partial charge on any atom is -0.493 e. The number of nitrogens with one attached hydrogen (secondary N) is 2. The Balaban J connectivity index is 1.92. The van der Waals surface area contributed by atoms with E-state index in [4.69, 9.17) is 14.2 Å². The van der Waals surface area contributed by atoms with E-state index in [1.54, 1.807) is 14.2 Å². The Bertz CT molecular complexity index is 840. The van der Waals surface area contributed by atoms with E-state index in [0.717, 1.165) is 41.6 Å². The van der Waals surface area contributed by atoms with Gasteiger partial charge in [0.25, 0.3) is 0 Å². The van der Waals surface area contributed by atoms with Crippen LogP contribution >= 0.6 is 0 Å². The van der Waals surface area contributed by atoms with Crippen LogP contribution < -0.4 is 20.1 Å². The highest BCUT2D eigenvalue weighted by molar-refractivity contribution is 5.79. The quantitative estimate of drug-likeness (QED) is 0.282. The summed E-state index contributed by atoms with van der Waals surface area (Å²) in [7, 11) is 7.55. The zero-order valence-corrected chi connectivity index (χ0v) is 20.1. The van der Waals surface area contributed by atoms with Gasteiger partial charge in [-0.3, -0.25) is 4.99 Å². The number of hydrogen-bond donors (Lipinski definition) is 2. The van der Waals surface area contributed by atoms with Gasteiger partial charge in [0.15, 0.2) is 5.96 Å². The SMILES string of the molecule is CN=C(NCc1ccc(C)cc1OCCCOC)NCc1ccccc1OCCN(C)C. The summed E-state index contributed by atoms with van der Waals surface area (Å²) in [5.41, 5.74) is 3.35. The van der Waals surface area contributed by atoms with E-state index in [-0.39, 0.29) is 0 Å². The summed E-state index contributed by atoms with van der Waals surface area (Å²) in [5.74, 6) is 2.50. The van der Waals surface area contributed by atoms with Gasteiger partial charge < -0.3 is 29.7 Å². The summed E-state index contributed by atoms with van der Waals surface area (Å²) < 4.78 is 17.0. The number of aryl methyl sites for hydroxylation is 1. The molecule has 0 aliphatic carbocycles. The zero-order valence-electron chi connectivity index (χ0n) is 20.1. The third kappa shape index (κ3) is 9.16. The number of guanidine groups is 1. The van der Waals surface area contributed by atoms with E-state index < -0.39 is 0 Å². The molecule has 0 radical (unpaired) electrons. The van der Waals surface area contributed by atoms with Crippen molar-refractivity contribution < 1.29 is 14.2 Å². The molecule has 2 rings (SSSR count). The van der Waals surface area contributed by atoms with Crippen LogP contribution in [0.5, 0.6) is 11.5 Å². The third-order valence-electron chi connectivity index (χ3n) is 4.86. The summed E-state index contributed by atoms with van der Waals surface area (Å²) in [6, 6.07) is 14.3. The Morgan fingerprint density at radius 3 is 2.28 bits per heavy atom. The molecule has 0 saturated heterocycles. The van der Waals surface area contributed by atoms with Crippen LogP contribution in [0, 0.1) is 6.92 Å². The maximum absolute atomic E-state index is 5.99. The van der Waals surface area contributed by atoms with Gasteiger partial charge in [0.1, 0.15) is 18.1 Å². The van der Waals surface area contributed by atoms with Crippen LogP contribution in [0.4, 0.5) is 0 Å². The standard InChI is InChI=1S/C25H38N4O3/c1-20-11-12-22(24(17-20)31-15-8-14-30-5)19-28-25(26-2)27-18-21-9-6-7-10-23(21)32-16-13-29(3)4/h6-7,9-12,17H,8,13-16,18-19H2,1-5H3,(H2,26,27,28). The van der Waals surface area contributed by atoms with Crippen LogP contribution in [0.3, 0.4) is 0 Å². The average molecular weight is 443 g/mol. The number of benzene rings is 2. The highest BCUT2D eigenvalue weighted by atomic mass is 16.5. The molecule has 0 heterocycles. The molecule has 0 amide bonds. The maximum atomic E-state index is 5.99. The first kappa shape index (κ1) is 25.5. The Morgan fingerprint density at radius 1 is 0.906 bits per heavy atom. The van der Waals surface area contributed by atoms with Gasteiger partial charge >= 0.3 is 0 Å². The molecule has 176 valence electrons. The van der Waals surface area contributed by atoms with Crippen LogP contribution in [0.1, 0.15) is 23.1 Å². The van der Waals surface area contributed by atoms with Crippen LogP contribution in [0.15, 0.2) is 47.5 Å². The summed E-state index contributed by atoms with van der Waals surface area (Å²) in [4.78, 5) is 6.46. The third-order valence-corrected chi connectivity index (χ3v) is 4.86. The number of para-hydroxylation sites is 1. The predicted octanol–water partition coefficient (Wildman–Crippen LogP) is 3.22. The number of hydrogen-bond acceptors (Lipinski definition) is 5. The fourth-order valence-corrected chi connectivity index (χ4v) is 3.03. The average Bonchev–Trinajstić information content (AvgIpc) is 2.78. The van der Waals surface area contributed by atoms with Crippen molar-refractivity contribution in [2.45, 2.75) is 26.4 Å². The number of ether oxygens (including phenoxy) is 3. The largest absolute Gasteiger partial charge is 0.493 e. The normalized spacial score (nSPS) is 11.5. The van der Waals surface area contributed by atoms with E-state index >= 15 is 0 Å². The van der Waals surface area contributed by atoms with Gasteiger partial charge in [-0.25, -0.2) is 0 Å². The minimum atomic E-state index is 0.612. The van der Waals surface area contributed by atoms with Gasteiger partial charge in [-0.05, 0) is 38.7 Å². The van der Waals surface area contributed by atoms with Crippen molar-refractivity contribution in [2.24, 2.45) is 4.99 Å². The van der Waals surface area contributed by atoms with E-state index in [9.17, 15) is 0 Å². The molecule has 0 unspecified atom stereocenters. The second-order valence-corrected chi connectivity index (χ2v) is 7.84. The lowest BCUT2D eigenvalue weighted by Gasteiger charge is -2.17. The highest BCUT2D eigenvalue weighted by Crippen LogP contribution is 2.21. The molecule has 7 nitrogen and oxygen atoms in total. The molecule has 0 aromatic heterocycles. The first-order valence-electron chi connectivity index (χ1n) is 11.0. The van der Waals surface area contributed by atoms with Crippen molar-refractivity contribution in [2.75, 3.05) is 54.6 Å². The molecule has 0 fully saturated rings. The molecular formula is C25H38N4O3. The van der Waals surface area contributed by atoms with Gasteiger partial charge in [-0.1, -0.05) is 30.3 Å². The van der Waals surface area contributed by atoms with Crippen LogP contribution in [-0.4, -0.2) is 65.5 Å². The van der Waals surface area contributed by atoms with Crippen molar-refractivity contribution in [1.82, 2.24) is 15.5 Å². The number of likely N-dealkylation sites (N-methyl/N-ethyl adjacent to an activating group) is 1. The Hall–Kier alpha value is -2.77. The van der Waals surface area contributed by atoms with E-state index in [1.807, 2.05) is 32.3 Å². The summed E-state index contributed by atoms with van der Waals surface area (Å²) in [6.45, 7) is 6.14. The summed E-state index contributed by atoms with van der Waals surface area (Å²) >= 11 is 0. The predicted molar refractivity (Wildman–Crippen MR) is 131 cm³/mol. The smallest absolute Gasteiger partial charge is 0.191 e. The minimum absolute atomic E-state index is 0.612. The maximum Gasteiger partial charge on any atom is 0.191 e. The second kappa shape index (κ2) is 14.3. The Kier molecular flexibility index (Phi) is 11.4.